The van der Waals surface area contributed by atoms with Gasteiger partial charge in [-0.25, -0.2) is 4.39 Å². The molecule has 1 saturated heterocycles. The Balaban J connectivity index is 2.28. The van der Waals surface area contributed by atoms with Crippen LogP contribution in [0.15, 0.2) is 18.2 Å². The maximum Gasteiger partial charge on any atom is 0.221 e. The molecule has 0 radical (unpaired) electrons. The molecule has 0 bridgehead atoms. The molecule has 1 aromatic carbocycles. The van der Waals surface area contributed by atoms with Crippen LogP contribution in [0.25, 0.3) is 0 Å². The van der Waals surface area contributed by atoms with Gasteiger partial charge < -0.3 is 16.0 Å². The van der Waals surface area contributed by atoms with Crippen molar-refractivity contribution in [2.24, 2.45) is 0 Å². The minimum absolute atomic E-state index is 0.159. The lowest BCUT2D eigenvalue weighted by Crippen LogP contribution is -2.22. The summed E-state index contributed by atoms with van der Waals surface area (Å²) < 4.78 is 13.2. The van der Waals surface area contributed by atoms with Crippen molar-refractivity contribution in [1.82, 2.24) is 0 Å². The van der Waals surface area contributed by atoms with Crippen LogP contribution in [0.5, 0.6) is 0 Å². The highest BCUT2D eigenvalue weighted by atomic mass is 19.1. The molecule has 92 valence electrons. The molecule has 0 saturated carbocycles. The molecular weight excluding hydrogens is 221 g/mol. The van der Waals surface area contributed by atoms with Crippen LogP contribution in [-0.2, 0) is 4.79 Å². The lowest BCUT2D eigenvalue weighted by molar-refractivity contribution is -0.114. The zero-order chi connectivity index (χ0) is 12.4. The van der Waals surface area contributed by atoms with E-state index in [0.29, 0.717) is 30.9 Å². The molecule has 0 spiro atoms. The highest BCUT2D eigenvalue weighted by molar-refractivity contribution is 5.93. The predicted molar refractivity (Wildman–Crippen MR) is 66.9 cm³/mol. The second-order valence-electron chi connectivity index (χ2n) is 4.29. The molecule has 1 unspecified atom stereocenters. The van der Waals surface area contributed by atoms with Crippen LogP contribution in [0, 0.1) is 0 Å². The van der Waals surface area contributed by atoms with Gasteiger partial charge in [0.05, 0.1) is 11.4 Å². The van der Waals surface area contributed by atoms with Gasteiger partial charge in [0.2, 0.25) is 5.91 Å². The quantitative estimate of drug-likeness (QED) is 0.771. The molecule has 5 heteroatoms. The third kappa shape index (κ3) is 2.67. The SMILES string of the molecule is CC(=O)Nc1cc(N)ccc1N1CCC(F)C1. The van der Waals surface area contributed by atoms with Crippen molar-refractivity contribution in [1.29, 1.82) is 0 Å². The summed E-state index contributed by atoms with van der Waals surface area (Å²) in [5, 5.41) is 2.72. The van der Waals surface area contributed by atoms with Crippen LogP contribution in [0.4, 0.5) is 21.5 Å². The van der Waals surface area contributed by atoms with Gasteiger partial charge in [0.15, 0.2) is 0 Å². The minimum atomic E-state index is -0.794. The first-order valence-electron chi connectivity index (χ1n) is 5.62. The Kier molecular flexibility index (Phi) is 3.17. The normalized spacial score (nSPS) is 19.4. The van der Waals surface area contributed by atoms with Gasteiger partial charge >= 0.3 is 0 Å². The average Bonchev–Trinajstić information content (AvgIpc) is 2.64. The smallest absolute Gasteiger partial charge is 0.221 e. The van der Waals surface area contributed by atoms with E-state index in [1.165, 1.54) is 6.92 Å². The molecule has 0 aliphatic carbocycles. The number of hydrogen-bond acceptors (Lipinski definition) is 3. The van der Waals surface area contributed by atoms with Crippen molar-refractivity contribution in [3.8, 4) is 0 Å². The molecule has 1 atom stereocenters. The van der Waals surface area contributed by atoms with Gasteiger partial charge in [0.1, 0.15) is 6.17 Å². The van der Waals surface area contributed by atoms with Gasteiger partial charge in [-0.2, -0.15) is 0 Å². The lowest BCUT2D eigenvalue weighted by atomic mass is 10.2. The Hall–Kier alpha value is -1.78. The van der Waals surface area contributed by atoms with E-state index in [1.54, 1.807) is 12.1 Å². The predicted octanol–water partition coefficient (Wildman–Crippen LogP) is 1.78. The summed E-state index contributed by atoms with van der Waals surface area (Å²) in [6.45, 7) is 2.48. The lowest BCUT2D eigenvalue weighted by Gasteiger charge is -2.21. The molecule has 1 aliphatic rings. The maximum absolute atomic E-state index is 13.2. The van der Waals surface area contributed by atoms with Crippen molar-refractivity contribution in [3.63, 3.8) is 0 Å². The van der Waals surface area contributed by atoms with E-state index in [0.717, 1.165) is 5.69 Å². The van der Waals surface area contributed by atoms with Crippen LogP contribution < -0.4 is 16.0 Å². The van der Waals surface area contributed by atoms with Crippen molar-refractivity contribution in [2.75, 3.05) is 29.0 Å². The van der Waals surface area contributed by atoms with Crippen molar-refractivity contribution >= 4 is 23.0 Å². The molecule has 2 rings (SSSR count). The monoisotopic (exact) mass is 237 g/mol. The number of nitrogens with zero attached hydrogens (tertiary/aromatic N) is 1. The minimum Gasteiger partial charge on any atom is -0.399 e. The molecule has 3 N–H and O–H groups in total. The van der Waals surface area contributed by atoms with Crippen LogP contribution in [0.1, 0.15) is 13.3 Å². The zero-order valence-electron chi connectivity index (χ0n) is 9.74. The molecule has 4 nitrogen and oxygen atoms in total. The van der Waals surface area contributed by atoms with E-state index < -0.39 is 6.17 Å². The standard InChI is InChI=1S/C12H16FN3O/c1-8(17)15-11-6-10(14)2-3-12(11)16-5-4-9(13)7-16/h2-3,6,9H,4-5,7,14H2,1H3,(H,15,17). The summed E-state index contributed by atoms with van der Waals surface area (Å²) >= 11 is 0. The number of halogens is 1. The van der Waals surface area contributed by atoms with E-state index in [-0.39, 0.29) is 5.91 Å². The molecule has 1 aromatic rings. The topological polar surface area (TPSA) is 58.4 Å². The van der Waals surface area contributed by atoms with Crippen LogP contribution in [0.3, 0.4) is 0 Å². The van der Waals surface area contributed by atoms with E-state index in [1.807, 2.05) is 11.0 Å². The van der Waals surface area contributed by atoms with Gasteiger partial charge in [0, 0.05) is 25.7 Å². The van der Waals surface area contributed by atoms with E-state index >= 15 is 0 Å². The fraction of sp³-hybridized carbons (Fsp3) is 0.417. The highest BCUT2D eigenvalue weighted by Crippen LogP contribution is 2.31. The molecule has 1 aliphatic heterocycles. The van der Waals surface area contributed by atoms with E-state index in [4.69, 9.17) is 5.73 Å². The molecule has 17 heavy (non-hydrogen) atoms. The van der Waals surface area contributed by atoms with Crippen LogP contribution in [-0.4, -0.2) is 25.2 Å². The van der Waals surface area contributed by atoms with Crippen molar-refractivity contribution in [2.45, 2.75) is 19.5 Å². The first kappa shape index (κ1) is 11.7. The number of rotatable bonds is 2. The second kappa shape index (κ2) is 4.61. The highest BCUT2D eigenvalue weighted by Gasteiger charge is 2.23. The van der Waals surface area contributed by atoms with Gasteiger partial charge in [-0.15, -0.1) is 0 Å². The third-order valence-corrected chi connectivity index (χ3v) is 2.80. The van der Waals surface area contributed by atoms with Gasteiger partial charge in [0.25, 0.3) is 0 Å². The van der Waals surface area contributed by atoms with Gasteiger partial charge in [-0.05, 0) is 24.6 Å². The first-order valence-corrected chi connectivity index (χ1v) is 5.62. The average molecular weight is 237 g/mol. The summed E-state index contributed by atoms with van der Waals surface area (Å²) in [6, 6.07) is 5.27. The van der Waals surface area contributed by atoms with Crippen molar-refractivity contribution < 1.29 is 9.18 Å². The van der Waals surface area contributed by atoms with E-state index in [9.17, 15) is 9.18 Å². The van der Waals surface area contributed by atoms with Crippen LogP contribution >= 0.6 is 0 Å². The molecule has 1 heterocycles. The molecular formula is C12H16FN3O. The molecule has 0 aromatic heterocycles. The zero-order valence-corrected chi connectivity index (χ0v) is 9.74. The van der Waals surface area contributed by atoms with E-state index in [2.05, 4.69) is 5.32 Å². The Morgan fingerprint density at radius 3 is 2.94 bits per heavy atom. The maximum atomic E-state index is 13.2. The summed E-state index contributed by atoms with van der Waals surface area (Å²) in [7, 11) is 0. The molecule has 1 fully saturated rings. The number of anilines is 3. The number of carbonyl (C=O) groups excluding carboxylic acids is 1. The first-order chi connectivity index (χ1) is 8.06. The summed E-state index contributed by atoms with van der Waals surface area (Å²) in [6.07, 6.45) is -0.262. The number of benzene rings is 1. The summed E-state index contributed by atoms with van der Waals surface area (Å²) in [5.74, 6) is -0.159. The number of nitrogen functional groups attached to an aromatic ring is 1. The number of alkyl halides is 1. The fourth-order valence-electron chi connectivity index (χ4n) is 2.06. The van der Waals surface area contributed by atoms with Crippen molar-refractivity contribution in [3.05, 3.63) is 18.2 Å². The third-order valence-electron chi connectivity index (χ3n) is 2.80. The number of amides is 1. The second-order valence-corrected chi connectivity index (χ2v) is 4.29. The Morgan fingerprint density at radius 2 is 2.35 bits per heavy atom. The summed E-state index contributed by atoms with van der Waals surface area (Å²) in [4.78, 5) is 13.0. The Labute approximate surface area is 99.6 Å². The summed E-state index contributed by atoms with van der Waals surface area (Å²) in [5.41, 5.74) is 7.74. The number of nitrogens with one attached hydrogen (secondary N) is 1. The molecule has 1 amide bonds. The van der Waals surface area contributed by atoms with Crippen LogP contribution in [0.2, 0.25) is 0 Å². The Bertz CT molecular complexity index is 436. The number of carbonyl (C=O) groups is 1. The number of nitrogens with two attached hydrogens (primary N) is 1. The Morgan fingerprint density at radius 1 is 1.59 bits per heavy atom. The largest absolute Gasteiger partial charge is 0.399 e. The van der Waals surface area contributed by atoms with Gasteiger partial charge in [-0.3, -0.25) is 4.79 Å². The number of hydrogen-bond donors (Lipinski definition) is 2. The van der Waals surface area contributed by atoms with Gasteiger partial charge in [-0.1, -0.05) is 0 Å². The fourth-order valence-corrected chi connectivity index (χ4v) is 2.06.